The lowest BCUT2D eigenvalue weighted by molar-refractivity contribution is -0.140. The Labute approximate surface area is 172 Å². The summed E-state index contributed by atoms with van der Waals surface area (Å²) in [7, 11) is 0. The fourth-order valence-electron chi connectivity index (χ4n) is 2.05. The summed E-state index contributed by atoms with van der Waals surface area (Å²) in [6, 6.07) is 8.12. The lowest BCUT2D eigenvalue weighted by atomic mass is 10.1. The molecule has 144 valence electrons. The number of guanidine groups is 1. The zero-order valence-corrected chi connectivity index (χ0v) is 17.7. The van der Waals surface area contributed by atoms with Crippen molar-refractivity contribution in [1.82, 2.24) is 15.6 Å². The van der Waals surface area contributed by atoms with Crippen LogP contribution in [0.15, 0.2) is 34.6 Å². The largest absolute Gasteiger partial charge is 0.434 e. The van der Waals surface area contributed by atoms with E-state index in [1.165, 1.54) is 5.56 Å². The summed E-state index contributed by atoms with van der Waals surface area (Å²) < 4.78 is 37.6. The van der Waals surface area contributed by atoms with E-state index in [1.807, 2.05) is 38.1 Å². The SMILES string of the molecule is CCNC(=NCc1ccc(C)cc1)NCCc1nc(C(F)(F)F)cs1.I. The summed E-state index contributed by atoms with van der Waals surface area (Å²) in [5, 5.41) is 7.75. The van der Waals surface area contributed by atoms with Crippen molar-refractivity contribution in [1.29, 1.82) is 0 Å². The molecule has 2 aromatic rings. The lowest BCUT2D eigenvalue weighted by Crippen LogP contribution is -2.38. The molecule has 0 bridgehead atoms. The molecule has 1 heterocycles. The normalized spacial score (nSPS) is 11.8. The predicted molar refractivity (Wildman–Crippen MR) is 110 cm³/mol. The number of thiazole rings is 1. The van der Waals surface area contributed by atoms with E-state index in [1.54, 1.807) is 0 Å². The smallest absolute Gasteiger partial charge is 0.357 e. The summed E-state index contributed by atoms with van der Waals surface area (Å²) in [4.78, 5) is 8.11. The molecule has 4 nitrogen and oxygen atoms in total. The second-order valence-corrected chi connectivity index (χ2v) is 6.42. The maximum atomic E-state index is 12.5. The van der Waals surface area contributed by atoms with Crippen molar-refractivity contribution in [2.45, 2.75) is 33.0 Å². The molecular formula is C17H22F3IN4S. The van der Waals surface area contributed by atoms with Crippen LogP contribution in [0.2, 0.25) is 0 Å². The van der Waals surface area contributed by atoms with E-state index in [-0.39, 0.29) is 24.0 Å². The minimum Gasteiger partial charge on any atom is -0.357 e. The Kier molecular flexibility index (Phi) is 9.34. The molecule has 1 aromatic carbocycles. The number of aliphatic imine (C=N–C) groups is 1. The zero-order chi connectivity index (χ0) is 18.3. The van der Waals surface area contributed by atoms with Gasteiger partial charge in [0, 0.05) is 24.9 Å². The minimum atomic E-state index is -4.38. The van der Waals surface area contributed by atoms with Gasteiger partial charge in [0.2, 0.25) is 0 Å². The van der Waals surface area contributed by atoms with Crippen LogP contribution in [0.4, 0.5) is 13.2 Å². The number of benzene rings is 1. The molecule has 0 unspecified atom stereocenters. The van der Waals surface area contributed by atoms with Gasteiger partial charge in [-0.15, -0.1) is 35.3 Å². The number of alkyl halides is 3. The van der Waals surface area contributed by atoms with E-state index in [4.69, 9.17) is 0 Å². The van der Waals surface area contributed by atoms with Gasteiger partial charge in [-0.1, -0.05) is 29.8 Å². The predicted octanol–water partition coefficient (Wildman–Crippen LogP) is 4.39. The van der Waals surface area contributed by atoms with Gasteiger partial charge in [-0.25, -0.2) is 9.98 Å². The molecule has 9 heteroatoms. The van der Waals surface area contributed by atoms with E-state index >= 15 is 0 Å². The summed E-state index contributed by atoms with van der Waals surface area (Å²) in [5.74, 6) is 0.635. The number of hydrogen-bond acceptors (Lipinski definition) is 3. The second-order valence-electron chi connectivity index (χ2n) is 5.48. The first-order chi connectivity index (χ1) is 11.9. The van der Waals surface area contributed by atoms with Gasteiger partial charge >= 0.3 is 6.18 Å². The molecule has 2 rings (SSSR count). The summed E-state index contributed by atoms with van der Waals surface area (Å²) in [6.07, 6.45) is -3.97. The Morgan fingerprint density at radius 2 is 1.88 bits per heavy atom. The monoisotopic (exact) mass is 498 g/mol. The molecular weight excluding hydrogens is 476 g/mol. The number of nitrogens with one attached hydrogen (secondary N) is 2. The average molecular weight is 498 g/mol. The highest BCUT2D eigenvalue weighted by atomic mass is 127. The highest BCUT2D eigenvalue weighted by molar-refractivity contribution is 14.0. The Balaban J connectivity index is 0.00000338. The molecule has 0 atom stereocenters. The Hall–Kier alpha value is -1.36. The Morgan fingerprint density at radius 1 is 1.19 bits per heavy atom. The van der Waals surface area contributed by atoms with E-state index < -0.39 is 11.9 Å². The average Bonchev–Trinajstić information content (AvgIpc) is 3.03. The van der Waals surface area contributed by atoms with Crippen LogP contribution in [0.1, 0.15) is 28.8 Å². The first-order valence-electron chi connectivity index (χ1n) is 7.98. The van der Waals surface area contributed by atoms with Crippen LogP contribution in [-0.4, -0.2) is 24.0 Å². The van der Waals surface area contributed by atoms with Gasteiger partial charge in [-0.3, -0.25) is 0 Å². The number of aryl methyl sites for hydroxylation is 1. The molecule has 0 aliphatic heterocycles. The van der Waals surface area contributed by atoms with Gasteiger partial charge in [0.15, 0.2) is 11.7 Å². The third kappa shape index (κ3) is 7.48. The number of rotatable bonds is 6. The third-order valence-electron chi connectivity index (χ3n) is 3.36. The molecule has 0 amide bonds. The lowest BCUT2D eigenvalue weighted by Gasteiger charge is -2.10. The van der Waals surface area contributed by atoms with Crippen molar-refractivity contribution < 1.29 is 13.2 Å². The van der Waals surface area contributed by atoms with Crippen LogP contribution in [0.5, 0.6) is 0 Å². The molecule has 0 aliphatic rings. The van der Waals surface area contributed by atoms with Crippen molar-refractivity contribution in [3.05, 3.63) is 51.5 Å². The molecule has 0 radical (unpaired) electrons. The zero-order valence-electron chi connectivity index (χ0n) is 14.6. The standard InChI is InChI=1S/C17H21F3N4S.HI/c1-3-21-16(23-10-13-6-4-12(2)5-7-13)22-9-8-15-24-14(11-25-15)17(18,19)20;/h4-7,11H,3,8-10H2,1-2H3,(H2,21,22,23);1H. The maximum absolute atomic E-state index is 12.5. The number of nitrogens with zero attached hydrogens (tertiary/aromatic N) is 2. The van der Waals surface area contributed by atoms with Crippen LogP contribution < -0.4 is 10.6 Å². The first-order valence-corrected chi connectivity index (χ1v) is 8.85. The second kappa shape index (κ2) is 10.7. The highest BCUT2D eigenvalue weighted by Gasteiger charge is 2.33. The summed E-state index contributed by atoms with van der Waals surface area (Å²) in [5.41, 5.74) is 1.46. The van der Waals surface area contributed by atoms with Crippen molar-refractivity contribution in [3.63, 3.8) is 0 Å². The van der Waals surface area contributed by atoms with Crippen LogP contribution in [-0.2, 0) is 19.1 Å². The van der Waals surface area contributed by atoms with Crippen molar-refractivity contribution in [2.24, 2.45) is 4.99 Å². The molecule has 0 fully saturated rings. The fourth-order valence-corrected chi connectivity index (χ4v) is 2.85. The fraction of sp³-hybridized carbons (Fsp3) is 0.412. The molecule has 26 heavy (non-hydrogen) atoms. The van der Waals surface area contributed by atoms with E-state index in [0.717, 1.165) is 22.3 Å². The third-order valence-corrected chi connectivity index (χ3v) is 4.27. The van der Waals surface area contributed by atoms with Gasteiger partial charge in [0.25, 0.3) is 0 Å². The van der Waals surface area contributed by atoms with Gasteiger partial charge in [0.05, 0.1) is 11.6 Å². The number of hydrogen-bond donors (Lipinski definition) is 2. The van der Waals surface area contributed by atoms with E-state index in [0.29, 0.717) is 37.0 Å². The quantitative estimate of drug-likeness (QED) is 0.353. The van der Waals surface area contributed by atoms with Gasteiger partial charge < -0.3 is 10.6 Å². The van der Waals surface area contributed by atoms with Crippen LogP contribution >= 0.6 is 35.3 Å². The van der Waals surface area contributed by atoms with Crippen molar-refractivity contribution in [3.8, 4) is 0 Å². The highest BCUT2D eigenvalue weighted by Crippen LogP contribution is 2.29. The summed E-state index contributed by atoms with van der Waals surface area (Å²) >= 11 is 1.02. The summed E-state index contributed by atoms with van der Waals surface area (Å²) in [6.45, 7) is 5.69. The Bertz CT molecular complexity index is 699. The maximum Gasteiger partial charge on any atom is 0.434 e. The number of halogens is 4. The van der Waals surface area contributed by atoms with Crippen LogP contribution in [0.25, 0.3) is 0 Å². The van der Waals surface area contributed by atoms with Crippen LogP contribution in [0, 0.1) is 6.92 Å². The molecule has 0 spiro atoms. The van der Waals surface area contributed by atoms with Crippen LogP contribution in [0.3, 0.4) is 0 Å². The molecule has 0 saturated carbocycles. The van der Waals surface area contributed by atoms with Gasteiger partial charge in [0.1, 0.15) is 0 Å². The minimum absolute atomic E-state index is 0. The van der Waals surface area contributed by atoms with Crippen molar-refractivity contribution in [2.75, 3.05) is 13.1 Å². The topological polar surface area (TPSA) is 49.3 Å². The van der Waals surface area contributed by atoms with Gasteiger partial charge in [-0.05, 0) is 19.4 Å². The molecule has 1 aromatic heterocycles. The Morgan fingerprint density at radius 3 is 2.46 bits per heavy atom. The number of aromatic nitrogens is 1. The van der Waals surface area contributed by atoms with E-state index in [2.05, 4.69) is 20.6 Å². The molecule has 2 N–H and O–H groups in total. The molecule has 0 saturated heterocycles. The first kappa shape index (κ1) is 22.7. The van der Waals surface area contributed by atoms with Gasteiger partial charge in [-0.2, -0.15) is 13.2 Å². The molecule has 0 aliphatic carbocycles. The van der Waals surface area contributed by atoms with Crippen molar-refractivity contribution >= 4 is 41.3 Å². The van der Waals surface area contributed by atoms with E-state index in [9.17, 15) is 13.2 Å².